The highest BCUT2D eigenvalue weighted by molar-refractivity contribution is 5.96. The van der Waals surface area contributed by atoms with Crippen LogP contribution in [0.1, 0.15) is 31.6 Å². The summed E-state index contributed by atoms with van der Waals surface area (Å²) in [6.07, 6.45) is -4.43. The first-order valence-corrected chi connectivity index (χ1v) is 8.04. The molecule has 11 heteroatoms. The lowest BCUT2D eigenvalue weighted by molar-refractivity contribution is -0.274. The zero-order valence-corrected chi connectivity index (χ0v) is 14.1. The zero-order chi connectivity index (χ0) is 19.6. The van der Waals surface area contributed by atoms with E-state index >= 15 is 0 Å². The molecule has 1 N–H and O–H groups in total. The summed E-state index contributed by atoms with van der Waals surface area (Å²) in [6, 6.07) is 4.95. The van der Waals surface area contributed by atoms with Crippen LogP contribution in [0, 0.1) is 0 Å². The normalized spacial score (nSPS) is 17.3. The largest absolute Gasteiger partial charge is 0.573 e. The van der Waals surface area contributed by atoms with Crippen LogP contribution < -0.4 is 15.0 Å². The molecule has 1 unspecified atom stereocenters. The van der Waals surface area contributed by atoms with E-state index in [9.17, 15) is 22.8 Å². The number of nitrogens with one attached hydrogen (secondary N) is 1. The molecular weight excluding hydrogens is 369 g/mol. The first-order valence-electron chi connectivity index (χ1n) is 8.04. The van der Waals surface area contributed by atoms with Crippen molar-refractivity contribution in [3.8, 4) is 5.75 Å². The van der Waals surface area contributed by atoms with Crippen LogP contribution >= 0.6 is 0 Å². The molecule has 0 saturated carbocycles. The molecule has 27 heavy (non-hydrogen) atoms. The summed E-state index contributed by atoms with van der Waals surface area (Å²) >= 11 is 0. The summed E-state index contributed by atoms with van der Waals surface area (Å²) in [5.41, 5.74) is 0.427. The van der Waals surface area contributed by atoms with Crippen molar-refractivity contribution in [1.82, 2.24) is 10.2 Å². The van der Waals surface area contributed by atoms with Gasteiger partial charge in [-0.05, 0) is 24.3 Å². The van der Waals surface area contributed by atoms with E-state index in [1.807, 2.05) is 0 Å². The predicted molar refractivity (Wildman–Crippen MR) is 86.1 cm³/mol. The number of hydrogen-bond donors (Lipinski definition) is 1. The van der Waals surface area contributed by atoms with Crippen molar-refractivity contribution in [2.24, 2.45) is 0 Å². The number of alkyl halides is 3. The smallest absolute Gasteiger partial charge is 0.407 e. The number of amides is 2. The summed E-state index contributed by atoms with van der Waals surface area (Å²) in [4.78, 5) is 25.0. The van der Waals surface area contributed by atoms with E-state index in [4.69, 9.17) is 4.42 Å². The number of rotatable bonds is 5. The van der Waals surface area contributed by atoms with Gasteiger partial charge in [-0.15, -0.1) is 18.3 Å². The molecule has 0 radical (unpaired) electrons. The third kappa shape index (κ3) is 4.54. The Morgan fingerprint density at radius 1 is 1.33 bits per heavy atom. The van der Waals surface area contributed by atoms with E-state index in [0.717, 1.165) is 12.1 Å². The lowest BCUT2D eigenvalue weighted by Crippen LogP contribution is -2.24. The second-order valence-corrected chi connectivity index (χ2v) is 5.79. The van der Waals surface area contributed by atoms with Gasteiger partial charge in [0.05, 0.1) is 5.92 Å². The number of nitrogens with zero attached hydrogens (tertiary/aromatic N) is 3. The molecule has 1 fully saturated rings. The van der Waals surface area contributed by atoms with Crippen molar-refractivity contribution in [3.05, 3.63) is 30.2 Å². The maximum atomic E-state index is 12.3. The molecule has 1 aliphatic rings. The second-order valence-electron chi connectivity index (χ2n) is 5.79. The molecule has 2 amide bonds. The van der Waals surface area contributed by atoms with Crippen LogP contribution in [-0.2, 0) is 9.59 Å². The molecule has 1 aliphatic heterocycles. The number of anilines is 2. The second kappa shape index (κ2) is 7.25. The lowest BCUT2D eigenvalue weighted by atomic mass is 10.1. The summed E-state index contributed by atoms with van der Waals surface area (Å²) in [6.45, 7) is 1.90. The molecule has 144 valence electrons. The number of benzene rings is 1. The van der Waals surface area contributed by atoms with Gasteiger partial charge in [0.2, 0.25) is 17.7 Å². The number of aromatic nitrogens is 2. The van der Waals surface area contributed by atoms with Crippen molar-refractivity contribution in [2.75, 3.05) is 16.8 Å². The van der Waals surface area contributed by atoms with E-state index < -0.39 is 6.36 Å². The lowest BCUT2D eigenvalue weighted by Gasteiger charge is -2.17. The Labute approximate surface area is 151 Å². The fourth-order valence-corrected chi connectivity index (χ4v) is 2.61. The highest BCUT2D eigenvalue weighted by atomic mass is 19.4. The monoisotopic (exact) mass is 384 g/mol. The Kier molecular flexibility index (Phi) is 5.02. The molecule has 3 rings (SSSR count). The molecule has 2 heterocycles. The van der Waals surface area contributed by atoms with E-state index in [0.29, 0.717) is 5.69 Å². The highest BCUT2D eigenvalue weighted by Gasteiger charge is 2.35. The summed E-state index contributed by atoms with van der Waals surface area (Å²) in [7, 11) is 0. The van der Waals surface area contributed by atoms with Crippen LogP contribution in [-0.4, -0.2) is 34.9 Å². The van der Waals surface area contributed by atoms with Crippen LogP contribution in [0.15, 0.2) is 28.7 Å². The van der Waals surface area contributed by atoms with Gasteiger partial charge >= 0.3 is 12.4 Å². The average molecular weight is 384 g/mol. The van der Waals surface area contributed by atoms with Gasteiger partial charge in [-0.25, -0.2) is 0 Å². The van der Waals surface area contributed by atoms with Crippen molar-refractivity contribution in [2.45, 2.75) is 32.0 Å². The van der Waals surface area contributed by atoms with Crippen molar-refractivity contribution in [3.63, 3.8) is 0 Å². The van der Waals surface area contributed by atoms with E-state index in [-0.39, 0.29) is 54.8 Å². The Morgan fingerprint density at radius 2 is 2.04 bits per heavy atom. The maximum absolute atomic E-state index is 12.3. The van der Waals surface area contributed by atoms with Crippen molar-refractivity contribution >= 4 is 23.5 Å². The van der Waals surface area contributed by atoms with Gasteiger partial charge in [0.25, 0.3) is 0 Å². The molecule has 1 aromatic carbocycles. The van der Waals surface area contributed by atoms with Gasteiger partial charge in [-0.2, -0.15) is 0 Å². The van der Waals surface area contributed by atoms with Gasteiger partial charge < -0.3 is 14.1 Å². The molecule has 8 nitrogen and oxygen atoms in total. The van der Waals surface area contributed by atoms with Crippen LogP contribution in [0.25, 0.3) is 0 Å². The molecule has 1 saturated heterocycles. The standard InChI is InChI=1S/C16H15F3N4O4/c1-2-12(24)20-15-22-21-14(26-15)9-7-13(25)23(8-9)10-3-5-11(6-4-10)27-16(17,18)19/h3-6,9H,2,7-8H2,1H3,(H,20,22,24). The predicted octanol–water partition coefficient (Wildman–Crippen LogP) is 2.84. The topological polar surface area (TPSA) is 97.6 Å². The minimum atomic E-state index is -4.78. The van der Waals surface area contributed by atoms with Gasteiger partial charge in [0.15, 0.2) is 0 Å². The highest BCUT2D eigenvalue weighted by Crippen LogP contribution is 2.33. The Morgan fingerprint density at radius 3 is 2.67 bits per heavy atom. The number of carbonyl (C=O) groups is 2. The number of carbonyl (C=O) groups excluding carboxylic acids is 2. The molecule has 2 aromatic rings. The minimum Gasteiger partial charge on any atom is -0.407 e. The van der Waals surface area contributed by atoms with Crippen molar-refractivity contribution in [1.29, 1.82) is 0 Å². The minimum absolute atomic E-state index is 0.0450. The first-order chi connectivity index (χ1) is 12.7. The van der Waals surface area contributed by atoms with Crippen LogP contribution in [0.3, 0.4) is 0 Å². The van der Waals surface area contributed by atoms with E-state index in [1.54, 1.807) is 6.92 Å². The first kappa shape index (κ1) is 18.7. The number of halogens is 3. The molecule has 0 bridgehead atoms. The van der Waals surface area contributed by atoms with Gasteiger partial charge in [0.1, 0.15) is 5.75 Å². The fourth-order valence-electron chi connectivity index (χ4n) is 2.61. The SMILES string of the molecule is CCC(=O)Nc1nnc(C2CC(=O)N(c3ccc(OC(F)(F)F)cc3)C2)o1. The molecule has 0 spiro atoms. The Balaban J connectivity index is 1.68. The molecule has 1 atom stereocenters. The van der Waals surface area contributed by atoms with Crippen LogP contribution in [0.5, 0.6) is 5.75 Å². The van der Waals surface area contributed by atoms with E-state index in [1.165, 1.54) is 17.0 Å². The molecule has 0 aliphatic carbocycles. The quantitative estimate of drug-likeness (QED) is 0.851. The van der Waals surface area contributed by atoms with E-state index in [2.05, 4.69) is 20.3 Å². The van der Waals surface area contributed by atoms with Crippen LogP contribution in [0.2, 0.25) is 0 Å². The molecule has 1 aromatic heterocycles. The third-order valence-electron chi connectivity index (χ3n) is 3.86. The van der Waals surface area contributed by atoms with Gasteiger partial charge in [0, 0.05) is 25.1 Å². The Hall–Kier alpha value is -3.11. The third-order valence-corrected chi connectivity index (χ3v) is 3.86. The number of ether oxygens (including phenoxy) is 1. The van der Waals surface area contributed by atoms with Crippen LogP contribution in [0.4, 0.5) is 24.9 Å². The van der Waals surface area contributed by atoms with Gasteiger partial charge in [-0.3, -0.25) is 14.9 Å². The summed E-state index contributed by atoms with van der Waals surface area (Å²) < 4.78 is 45.8. The van der Waals surface area contributed by atoms with Crippen molar-refractivity contribution < 1.29 is 31.9 Å². The summed E-state index contributed by atoms with van der Waals surface area (Å²) in [5.74, 6) is -1.07. The average Bonchev–Trinajstić information content (AvgIpc) is 3.21. The zero-order valence-electron chi connectivity index (χ0n) is 14.1. The fraction of sp³-hybridized carbons (Fsp3) is 0.375. The number of hydrogen-bond acceptors (Lipinski definition) is 6. The molecular formula is C16H15F3N4O4. The summed E-state index contributed by atoms with van der Waals surface area (Å²) in [5, 5.41) is 9.99. The van der Waals surface area contributed by atoms with Gasteiger partial charge in [-0.1, -0.05) is 12.0 Å². The Bertz CT molecular complexity index is 835. The maximum Gasteiger partial charge on any atom is 0.573 e.